The summed E-state index contributed by atoms with van der Waals surface area (Å²) in [6.07, 6.45) is 2.19. The Hall–Kier alpha value is -2.23. The number of nitrogens with zero attached hydrogens (tertiary/aromatic N) is 2. The Bertz CT molecular complexity index is 1040. The van der Waals surface area contributed by atoms with E-state index in [9.17, 15) is 14.4 Å². The summed E-state index contributed by atoms with van der Waals surface area (Å²) in [5, 5.41) is 2.95. The average Bonchev–Trinajstić information content (AvgIpc) is 3.48. The fraction of sp³-hybridized carbons (Fsp3) is 0.435. The van der Waals surface area contributed by atoms with Gasteiger partial charge in [-0.1, -0.05) is 0 Å². The van der Waals surface area contributed by atoms with Gasteiger partial charge in [-0.2, -0.15) is 0 Å². The lowest BCUT2D eigenvalue weighted by Crippen LogP contribution is -2.38. The molecule has 0 radical (unpaired) electrons. The van der Waals surface area contributed by atoms with E-state index in [-0.39, 0.29) is 36.2 Å². The molecule has 4 rings (SSSR count). The van der Waals surface area contributed by atoms with Crippen molar-refractivity contribution in [2.45, 2.75) is 38.3 Å². The topological polar surface area (TPSA) is 79.0 Å². The van der Waals surface area contributed by atoms with Crippen LogP contribution in [-0.4, -0.2) is 61.5 Å². The highest BCUT2D eigenvalue weighted by atomic mass is 79.9. The smallest absolute Gasteiger partial charge is 0.261 e. The van der Waals surface area contributed by atoms with E-state index in [1.54, 1.807) is 24.1 Å². The fourth-order valence-electron chi connectivity index (χ4n) is 4.43. The van der Waals surface area contributed by atoms with E-state index in [2.05, 4.69) is 21.2 Å². The molecular weight excluding hydrogens is 494 g/mol. The first-order valence-electron chi connectivity index (χ1n) is 10.6. The average molecular weight is 520 g/mol. The number of methoxy groups -OCH3 is 1. The Morgan fingerprint density at radius 3 is 2.78 bits per heavy atom. The number of hydrogen-bond donors (Lipinski definition) is 1. The lowest BCUT2D eigenvalue weighted by molar-refractivity contribution is -0.117. The highest BCUT2D eigenvalue weighted by molar-refractivity contribution is 9.11. The number of aryl methyl sites for hydroxylation is 1. The summed E-state index contributed by atoms with van der Waals surface area (Å²) < 4.78 is 6.16. The molecule has 2 saturated heterocycles. The molecule has 1 unspecified atom stereocenters. The molecular formula is C23H26BrN3O4S. The van der Waals surface area contributed by atoms with Gasteiger partial charge in [0.2, 0.25) is 5.91 Å². The summed E-state index contributed by atoms with van der Waals surface area (Å²) >= 11 is 4.72. The quantitative estimate of drug-likeness (QED) is 0.632. The number of benzene rings is 1. The highest BCUT2D eigenvalue weighted by Gasteiger charge is 2.33. The van der Waals surface area contributed by atoms with Crippen LogP contribution in [0.3, 0.4) is 0 Å². The number of likely N-dealkylation sites (tertiary alicyclic amines) is 1. The van der Waals surface area contributed by atoms with E-state index in [0.29, 0.717) is 23.6 Å². The molecule has 170 valence electrons. The van der Waals surface area contributed by atoms with E-state index in [1.807, 2.05) is 30.0 Å². The van der Waals surface area contributed by atoms with Crippen LogP contribution in [-0.2, 0) is 9.53 Å². The van der Waals surface area contributed by atoms with Gasteiger partial charge in [0.25, 0.3) is 11.8 Å². The lowest BCUT2D eigenvalue weighted by Gasteiger charge is -2.25. The minimum atomic E-state index is -0.253. The Labute approximate surface area is 199 Å². The molecule has 2 aromatic rings. The maximum absolute atomic E-state index is 13.1. The van der Waals surface area contributed by atoms with Crippen molar-refractivity contribution in [1.82, 2.24) is 10.2 Å². The van der Waals surface area contributed by atoms with Gasteiger partial charge in [-0.3, -0.25) is 14.4 Å². The molecule has 2 fully saturated rings. The maximum Gasteiger partial charge on any atom is 0.261 e. The zero-order valence-electron chi connectivity index (χ0n) is 18.1. The first kappa shape index (κ1) is 22.9. The van der Waals surface area contributed by atoms with Crippen molar-refractivity contribution in [1.29, 1.82) is 0 Å². The van der Waals surface area contributed by atoms with Crippen LogP contribution in [0.15, 0.2) is 34.1 Å². The van der Waals surface area contributed by atoms with Crippen LogP contribution in [0.2, 0.25) is 0 Å². The van der Waals surface area contributed by atoms with Gasteiger partial charge in [0, 0.05) is 37.9 Å². The van der Waals surface area contributed by atoms with Crippen LogP contribution in [0.5, 0.6) is 0 Å². The van der Waals surface area contributed by atoms with Crippen LogP contribution >= 0.6 is 27.3 Å². The van der Waals surface area contributed by atoms with Crippen LogP contribution in [0.25, 0.3) is 0 Å². The molecule has 0 bridgehead atoms. The van der Waals surface area contributed by atoms with E-state index in [1.165, 1.54) is 11.3 Å². The molecule has 2 aliphatic rings. The molecule has 7 nitrogen and oxygen atoms in total. The SMILES string of the molecule is COC[C@H]1CCCN1C(=O)c1ccc(N2CC(NC(=O)c3ccc(Br)s3)CC2=O)cc1C. The van der Waals surface area contributed by atoms with Crippen molar-refractivity contribution < 1.29 is 19.1 Å². The summed E-state index contributed by atoms with van der Waals surface area (Å²) in [6, 6.07) is 8.95. The van der Waals surface area contributed by atoms with Gasteiger partial charge in [0.1, 0.15) is 0 Å². The van der Waals surface area contributed by atoms with Crippen molar-refractivity contribution >= 4 is 50.7 Å². The van der Waals surface area contributed by atoms with Gasteiger partial charge < -0.3 is 19.9 Å². The first-order chi connectivity index (χ1) is 15.4. The van der Waals surface area contributed by atoms with E-state index in [4.69, 9.17) is 4.74 Å². The van der Waals surface area contributed by atoms with Crippen molar-refractivity contribution in [2.75, 3.05) is 31.7 Å². The minimum absolute atomic E-state index is 0.00796. The Morgan fingerprint density at radius 2 is 2.09 bits per heavy atom. The van der Waals surface area contributed by atoms with Crippen LogP contribution in [0, 0.1) is 6.92 Å². The van der Waals surface area contributed by atoms with Crippen molar-refractivity contribution in [3.8, 4) is 0 Å². The largest absolute Gasteiger partial charge is 0.383 e. The Balaban J connectivity index is 1.44. The number of ether oxygens (including phenoxy) is 1. The summed E-state index contributed by atoms with van der Waals surface area (Å²) in [4.78, 5) is 42.4. The van der Waals surface area contributed by atoms with Gasteiger partial charge in [0.05, 0.1) is 27.4 Å². The molecule has 0 saturated carbocycles. The molecule has 1 aromatic heterocycles. The van der Waals surface area contributed by atoms with Gasteiger partial charge in [-0.25, -0.2) is 0 Å². The third-order valence-electron chi connectivity index (χ3n) is 6.01. The molecule has 1 aromatic carbocycles. The molecule has 2 aliphatic heterocycles. The monoisotopic (exact) mass is 519 g/mol. The number of anilines is 1. The van der Waals surface area contributed by atoms with E-state index in [0.717, 1.165) is 34.4 Å². The second-order valence-electron chi connectivity index (χ2n) is 8.23. The maximum atomic E-state index is 13.1. The number of hydrogen-bond acceptors (Lipinski definition) is 5. The van der Waals surface area contributed by atoms with Gasteiger partial charge in [-0.05, 0) is 71.6 Å². The Kier molecular flexibility index (Phi) is 6.97. The number of halogens is 1. The normalized spacial score (nSPS) is 20.8. The van der Waals surface area contributed by atoms with Crippen LogP contribution in [0.4, 0.5) is 5.69 Å². The number of nitrogens with one attached hydrogen (secondary N) is 1. The zero-order chi connectivity index (χ0) is 22.8. The summed E-state index contributed by atoms with van der Waals surface area (Å²) in [5.74, 6) is -0.205. The van der Waals surface area contributed by atoms with Gasteiger partial charge in [-0.15, -0.1) is 11.3 Å². The number of carbonyl (C=O) groups excluding carboxylic acids is 3. The standard InChI is InChI=1S/C23H26BrN3O4S/c1-14-10-16(5-6-18(14)23(30)26-9-3-4-17(26)13-31-2)27-12-15(11-21(27)28)25-22(29)19-7-8-20(24)32-19/h5-8,10,15,17H,3-4,9,11-13H2,1-2H3,(H,25,29)/t15?,17-/m1/s1. The molecule has 32 heavy (non-hydrogen) atoms. The predicted molar refractivity (Wildman–Crippen MR) is 127 cm³/mol. The second kappa shape index (κ2) is 9.72. The lowest BCUT2D eigenvalue weighted by atomic mass is 10.1. The van der Waals surface area contributed by atoms with Crippen LogP contribution < -0.4 is 10.2 Å². The van der Waals surface area contributed by atoms with Gasteiger partial charge in [0.15, 0.2) is 0 Å². The summed E-state index contributed by atoms with van der Waals surface area (Å²) in [5.41, 5.74) is 2.23. The van der Waals surface area contributed by atoms with E-state index >= 15 is 0 Å². The summed E-state index contributed by atoms with van der Waals surface area (Å²) in [6.45, 7) is 3.58. The van der Waals surface area contributed by atoms with E-state index < -0.39 is 0 Å². The molecule has 0 spiro atoms. The number of thiophene rings is 1. The van der Waals surface area contributed by atoms with Crippen molar-refractivity contribution in [3.05, 3.63) is 50.1 Å². The number of amides is 3. The number of rotatable bonds is 6. The highest BCUT2D eigenvalue weighted by Crippen LogP contribution is 2.28. The molecule has 2 atom stereocenters. The summed E-state index contributed by atoms with van der Waals surface area (Å²) in [7, 11) is 1.66. The fourth-order valence-corrected chi connectivity index (χ4v) is 5.72. The van der Waals surface area contributed by atoms with Crippen molar-refractivity contribution in [3.63, 3.8) is 0 Å². The third kappa shape index (κ3) is 4.74. The second-order valence-corrected chi connectivity index (χ2v) is 10.7. The number of carbonyl (C=O) groups is 3. The minimum Gasteiger partial charge on any atom is -0.383 e. The molecule has 1 N–H and O–H groups in total. The molecule has 9 heteroatoms. The van der Waals surface area contributed by atoms with Crippen molar-refractivity contribution in [2.24, 2.45) is 0 Å². The third-order valence-corrected chi connectivity index (χ3v) is 7.63. The van der Waals surface area contributed by atoms with Gasteiger partial charge >= 0.3 is 0 Å². The molecule has 0 aliphatic carbocycles. The molecule has 3 heterocycles. The predicted octanol–water partition coefficient (Wildman–Crippen LogP) is 3.61. The zero-order valence-corrected chi connectivity index (χ0v) is 20.5. The molecule has 3 amide bonds. The van der Waals surface area contributed by atoms with Crippen LogP contribution in [0.1, 0.15) is 44.9 Å². The Morgan fingerprint density at radius 1 is 1.28 bits per heavy atom. The first-order valence-corrected chi connectivity index (χ1v) is 12.3.